The number of esters is 1. The van der Waals surface area contributed by atoms with E-state index < -0.39 is 17.7 Å². The molecule has 4 N–H and O–H groups in total. The molecule has 170 valence electrons. The Hall–Kier alpha value is -4.34. The molecule has 4 rings (SSSR count). The molecule has 0 amide bonds. The van der Waals surface area contributed by atoms with Crippen LogP contribution in [0.1, 0.15) is 44.4 Å². The molecule has 0 fully saturated rings. The third-order valence-electron chi connectivity index (χ3n) is 5.41. The van der Waals surface area contributed by atoms with Crippen LogP contribution in [0.5, 0.6) is 11.5 Å². The Morgan fingerprint density at radius 3 is 1.91 bits per heavy atom. The number of aryl methyl sites for hydroxylation is 2. The zero-order valence-corrected chi connectivity index (χ0v) is 18.0. The number of benzene rings is 2. The summed E-state index contributed by atoms with van der Waals surface area (Å²) in [5.74, 6) is -1.51. The summed E-state index contributed by atoms with van der Waals surface area (Å²) in [4.78, 5) is 37.6. The van der Waals surface area contributed by atoms with Gasteiger partial charge in [0.1, 0.15) is 5.82 Å². The van der Waals surface area contributed by atoms with Crippen molar-refractivity contribution in [1.29, 1.82) is 0 Å². The lowest BCUT2D eigenvalue weighted by molar-refractivity contribution is 0.0729. The minimum absolute atomic E-state index is 0.133. The summed E-state index contributed by atoms with van der Waals surface area (Å²) < 4.78 is 24.0. The van der Waals surface area contributed by atoms with Crippen LogP contribution < -0.4 is 20.6 Å². The molecule has 0 aliphatic carbocycles. The quantitative estimate of drug-likeness (QED) is 0.264. The zero-order chi connectivity index (χ0) is 23.7. The van der Waals surface area contributed by atoms with Gasteiger partial charge in [-0.2, -0.15) is 0 Å². The largest absolute Gasteiger partial charge is 0.493 e. The van der Waals surface area contributed by atoms with Gasteiger partial charge in [-0.05, 0) is 55.8 Å². The van der Waals surface area contributed by atoms with Gasteiger partial charge in [-0.15, -0.1) is 0 Å². The van der Waals surface area contributed by atoms with E-state index in [9.17, 15) is 18.8 Å². The summed E-state index contributed by atoms with van der Waals surface area (Å²) in [5.41, 5.74) is 1.94. The van der Waals surface area contributed by atoms with Crippen LogP contribution in [-0.4, -0.2) is 33.5 Å². The van der Waals surface area contributed by atoms with Crippen molar-refractivity contribution in [3.63, 3.8) is 0 Å². The molecular formula is C23H21FN4O5. The van der Waals surface area contributed by atoms with Gasteiger partial charge in [0.25, 0.3) is 11.1 Å². The SMILES string of the molecule is COc1cc(C(c2c(C)[nH][nH]c2=O)c2c(C)[nH][nH]c2=O)ccc1OC(=O)c1ccc(F)cc1. The second-order valence-electron chi connectivity index (χ2n) is 7.48. The standard InChI is InChI=1S/C23H21FN4O5/c1-11-18(21(29)27-25-11)20(19-12(2)26-28-22(19)30)14-6-9-16(17(10-14)32-3)33-23(31)13-4-7-15(24)8-5-13/h4-10,20H,1-3H3,(H2,25,27,29)(H2,26,28,30). The summed E-state index contributed by atoms with van der Waals surface area (Å²) >= 11 is 0. The van der Waals surface area contributed by atoms with Gasteiger partial charge >= 0.3 is 5.97 Å². The molecule has 0 unspecified atom stereocenters. The second-order valence-corrected chi connectivity index (χ2v) is 7.48. The molecule has 2 heterocycles. The average Bonchev–Trinajstić information content (AvgIpc) is 3.31. The Morgan fingerprint density at radius 1 is 0.848 bits per heavy atom. The fraction of sp³-hybridized carbons (Fsp3) is 0.174. The molecule has 2 aromatic heterocycles. The number of H-pyrrole nitrogens is 4. The molecule has 4 aromatic rings. The van der Waals surface area contributed by atoms with Gasteiger partial charge in [0.2, 0.25) is 0 Å². The van der Waals surface area contributed by atoms with Crippen LogP contribution in [0.3, 0.4) is 0 Å². The second kappa shape index (κ2) is 8.65. The number of hydrogen-bond donors (Lipinski definition) is 4. The summed E-state index contributed by atoms with van der Waals surface area (Å²) in [6.45, 7) is 3.46. The molecule has 2 aromatic carbocycles. The predicted molar refractivity (Wildman–Crippen MR) is 118 cm³/mol. The highest BCUT2D eigenvalue weighted by atomic mass is 19.1. The summed E-state index contributed by atoms with van der Waals surface area (Å²) in [5, 5.41) is 10.7. The van der Waals surface area contributed by atoms with Crippen LogP contribution in [0.15, 0.2) is 52.1 Å². The molecule has 0 atom stereocenters. The van der Waals surface area contributed by atoms with Crippen molar-refractivity contribution < 1.29 is 18.7 Å². The number of halogens is 1. The Balaban J connectivity index is 1.78. The van der Waals surface area contributed by atoms with Gasteiger partial charge in [-0.1, -0.05) is 6.07 Å². The maximum Gasteiger partial charge on any atom is 0.343 e. The van der Waals surface area contributed by atoms with Gasteiger partial charge in [0, 0.05) is 17.3 Å². The molecule has 0 spiro atoms. The molecule has 0 aliphatic heterocycles. The van der Waals surface area contributed by atoms with E-state index >= 15 is 0 Å². The molecule has 0 saturated carbocycles. The van der Waals surface area contributed by atoms with Gasteiger partial charge in [-0.3, -0.25) is 19.8 Å². The number of aromatic nitrogens is 4. The Kier molecular flexibility index (Phi) is 5.74. The van der Waals surface area contributed by atoms with Crippen LogP contribution in [0.25, 0.3) is 0 Å². The lowest BCUT2D eigenvalue weighted by atomic mass is 9.85. The van der Waals surface area contributed by atoms with E-state index in [1.807, 2.05) is 0 Å². The molecule has 0 aliphatic rings. The maximum atomic E-state index is 13.1. The number of nitrogens with one attached hydrogen (secondary N) is 4. The highest BCUT2D eigenvalue weighted by Gasteiger charge is 2.29. The first-order valence-corrected chi connectivity index (χ1v) is 10.00. The molecule has 33 heavy (non-hydrogen) atoms. The van der Waals surface area contributed by atoms with Gasteiger partial charge in [0.05, 0.1) is 23.8 Å². The highest BCUT2D eigenvalue weighted by Crippen LogP contribution is 2.37. The van der Waals surface area contributed by atoms with E-state index in [1.165, 1.54) is 25.3 Å². The average molecular weight is 452 g/mol. The van der Waals surface area contributed by atoms with Crippen LogP contribution in [0.2, 0.25) is 0 Å². The van der Waals surface area contributed by atoms with Crippen molar-refractivity contribution >= 4 is 5.97 Å². The fourth-order valence-corrected chi connectivity index (χ4v) is 3.78. The lowest BCUT2D eigenvalue weighted by Crippen LogP contribution is -2.20. The van der Waals surface area contributed by atoms with Crippen LogP contribution >= 0.6 is 0 Å². The molecule has 9 nitrogen and oxygen atoms in total. The normalized spacial score (nSPS) is 11.1. The van der Waals surface area contributed by atoms with E-state index in [4.69, 9.17) is 9.47 Å². The Morgan fingerprint density at radius 2 is 1.42 bits per heavy atom. The Bertz CT molecular complexity index is 1370. The van der Waals surface area contributed by atoms with E-state index in [1.54, 1.807) is 26.0 Å². The third-order valence-corrected chi connectivity index (χ3v) is 5.41. The monoisotopic (exact) mass is 452 g/mol. The minimum Gasteiger partial charge on any atom is -0.493 e. The summed E-state index contributed by atoms with van der Waals surface area (Å²) in [6.07, 6.45) is 0. The molecule has 10 heteroatoms. The topological polar surface area (TPSA) is 133 Å². The van der Waals surface area contributed by atoms with E-state index in [0.717, 1.165) is 12.1 Å². The van der Waals surface area contributed by atoms with Crippen LogP contribution in [0, 0.1) is 19.7 Å². The van der Waals surface area contributed by atoms with Crippen molar-refractivity contribution in [1.82, 2.24) is 20.4 Å². The fourth-order valence-electron chi connectivity index (χ4n) is 3.78. The number of hydrogen-bond acceptors (Lipinski definition) is 5. The molecular weight excluding hydrogens is 431 g/mol. The van der Waals surface area contributed by atoms with Crippen molar-refractivity contribution in [3.05, 3.63) is 103 Å². The number of carbonyl (C=O) groups is 1. The first kappa shape index (κ1) is 21.9. The van der Waals surface area contributed by atoms with Gasteiger partial charge < -0.3 is 19.7 Å². The Labute approximate surface area is 186 Å². The van der Waals surface area contributed by atoms with Crippen LogP contribution in [0.4, 0.5) is 4.39 Å². The molecule has 0 bridgehead atoms. The van der Waals surface area contributed by atoms with Crippen molar-refractivity contribution in [2.24, 2.45) is 0 Å². The maximum absolute atomic E-state index is 13.1. The van der Waals surface area contributed by atoms with Gasteiger partial charge in [-0.25, -0.2) is 9.18 Å². The third kappa shape index (κ3) is 4.10. The summed E-state index contributed by atoms with van der Waals surface area (Å²) in [6, 6.07) is 9.74. The molecule has 0 radical (unpaired) electrons. The number of rotatable bonds is 6. The predicted octanol–water partition coefficient (Wildman–Crippen LogP) is 2.88. The lowest BCUT2D eigenvalue weighted by Gasteiger charge is -2.18. The molecule has 0 saturated heterocycles. The van der Waals surface area contributed by atoms with E-state index in [-0.39, 0.29) is 28.2 Å². The smallest absolute Gasteiger partial charge is 0.343 e. The van der Waals surface area contributed by atoms with Crippen molar-refractivity contribution in [2.75, 3.05) is 7.11 Å². The first-order valence-electron chi connectivity index (χ1n) is 10.00. The van der Waals surface area contributed by atoms with E-state index in [2.05, 4.69) is 20.4 Å². The first-order chi connectivity index (χ1) is 15.8. The number of methoxy groups -OCH3 is 1. The number of aromatic amines is 4. The summed E-state index contributed by atoms with van der Waals surface area (Å²) in [7, 11) is 1.41. The van der Waals surface area contributed by atoms with Crippen molar-refractivity contribution in [3.8, 4) is 11.5 Å². The number of carbonyl (C=O) groups excluding carboxylic acids is 1. The van der Waals surface area contributed by atoms with E-state index in [0.29, 0.717) is 28.1 Å². The van der Waals surface area contributed by atoms with Gasteiger partial charge in [0.15, 0.2) is 11.5 Å². The van der Waals surface area contributed by atoms with Crippen LogP contribution in [-0.2, 0) is 0 Å². The highest BCUT2D eigenvalue weighted by molar-refractivity contribution is 5.91. The zero-order valence-electron chi connectivity index (χ0n) is 18.0. The van der Waals surface area contributed by atoms with Crippen molar-refractivity contribution in [2.45, 2.75) is 19.8 Å². The minimum atomic E-state index is -0.717. The number of ether oxygens (including phenoxy) is 2.